The maximum Gasteiger partial charge on any atom is 0.106 e. The highest BCUT2D eigenvalue weighted by molar-refractivity contribution is 7.80. The molecule has 0 fully saturated rings. The second kappa shape index (κ2) is 5.45. The molecule has 0 bridgehead atoms. The summed E-state index contributed by atoms with van der Waals surface area (Å²) in [7, 11) is 2.04. The molecule has 1 aromatic carbocycles. The summed E-state index contributed by atoms with van der Waals surface area (Å²) < 4.78 is 5.33. The van der Waals surface area contributed by atoms with Crippen LogP contribution in [0.2, 0.25) is 0 Å². The molecule has 0 radical (unpaired) electrons. The van der Waals surface area contributed by atoms with Gasteiger partial charge < -0.3 is 15.1 Å². The van der Waals surface area contributed by atoms with Crippen molar-refractivity contribution in [1.29, 1.82) is 0 Å². The number of para-hydroxylation sites is 1. The van der Waals surface area contributed by atoms with Crippen LogP contribution in [0.3, 0.4) is 0 Å². The third-order valence-electron chi connectivity index (χ3n) is 3.26. The van der Waals surface area contributed by atoms with Crippen LogP contribution in [0.15, 0.2) is 34.9 Å². The summed E-state index contributed by atoms with van der Waals surface area (Å²) in [5.41, 5.74) is 10.1. The van der Waals surface area contributed by atoms with Crippen LogP contribution in [0, 0.1) is 13.8 Å². The Morgan fingerprint density at radius 2 is 2.05 bits per heavy atom. The van der Waals surface area contributed by atoms with Gasteiger partial charge in [-0.25, -0.2) is 0 Å². The average molecular weight is 274 g/mol. The number of nitrogens with two attached hydrogens (primary N) is 1. The monoisotopic (exact) mass is 274 g/mol. The van der Waals surface area contributed by atoms with Crippen molar-refractivity contribution in [3.8, 4) is 0 Å². The van der Waals surface area contributed by atoms with E-state index < -0.39 is 0 Å². The first-order valence-corrected chi connectivity index (χ1v) is 6.55. The van der Waals surface area contributed by atoms with Crippen LogP contribution in [-0.4, -0.2) is 12.0 Å². The van der Waals surface area contributed by atoms with Gasteiger partial charge in [-0.3, -0.25) is 0 Å². The summed E-state index contributed by atoms with van der Waals surface area (Å²) >= 11 is 5.13. The molecule has 2 aromatic rings. The molecule has 100 valence electrons. The second-order valence-corrected chi connectivity index (χ2v) is 5.13. The van der Waals surface area contributed by atoms with Crippen molar-refractivity contribution >= 4 is 22.9 Å². The highest BCUT2D eigenvalue weighted by atomic mass is 32.1. The van der Waals surface area contributed by atoms with Gasteiger partial charge in [0, 0.05) is 30.4 Å². The van der Waals surface area contributed by atoms with E-state index in [1.807, 2.05) is 32.2 Å². The molecule has 0 unspecified atom stereocenters. The van der Waals surface area contributed by atoms with Crippen LogP contribution in [0.25, 0.3) is 0 Å². The molecule has 0 amide bonds. The van der Waals surface area contributed by atoms with Gasteiger partial charge in [0.25, 0.3) is 0 Å². The second-order valence-electron chi connectivity index (χ2n) is 4.69. The molecule has 1 heterocycles. The molecule has 1 aromatic heterocycles. The van der Waals surface area contributed by atoms with E-state index in [4.69, 9.17) is 22.4 Å². The fourth-order valence-electron chi connectivity index (χ4n) is 2.27. The number of aryl methyl sites for hydroxylation is 2. The Balaban J connectivity index is 2.36. The van der Waals surface area contributed by atoms with Gasteiger partial charge >= 0.3 is 0 Å². The first-order chi connectivity index (χ1) is 9.00. The molecule has 2 rings (SSSR count). The van der Waals surface area contributed by atoms with E-state index in [1.54, 1.807) is 6.26 Å². The number of rotatable bonds is 4. The Hall–Kier alpha value is -1.81. The fourth-order valence-corrected chi connectivity index (χ4v) is 2.44. The van der Waals surface area contributed by atoms with Crippen molar-refractivity contribution in [2.75, 3.05) is 11.9 Å². The number of hydrogen-bond acceptors (Lipinski definition) is 3. The Kier molecular flexibility index (Phi) is 3.90. The standard InChI is InChI=1S/C15H18N2OS/c1-10-5-4-6-13(15(16)19)14(10)17(3)9-12-7-8-18-11(12)2/h4-8H,9H2,1-3H3,(H2,16,19). The molecule has 0 saturated heterocycles. The Labute approximate surface area is 119 Å². The highest BCUT2D eigenvalue weighted by Crippen LogP contribution is 2.26. The Morgan fingerprint density at radius 1 is 1.32 bits per heavy atom. The quantitative estimate of drug-likeness (QED) is 0.870. The molecule has 0 spiro atoms. The van der Waals surface area contributed by atoms with E-state index in [-0.39, 0.29) is 0 Å². The SMILES string of the molecule is Cc1cccc(C(N)=S)c1N(C)Cc1ccoc1C. The van der Waals surface area contributed by atoms with Gasteiger partial charge in [0.15, 0.2) is 0 Å². The van der Waals surface area contributed by atoms with Crippen molar-refractivity contribution < 1.29 is 4.42 Å². The third-order valence-corrected chi connectivity index (χ3v) is 3.48. The van der Waals surface area contributed by atoms with Crippen LogP contribution in [0.1, 0.15) is 22.5 Å². The van der Waals surface area contributed by atoms with Gasteiger partial charge in [-0.15, -0.1) is 0 Å². The molecule has 0 saturated carbocycles. The Bertz CT molecular complexity index is 604. The lowest BCUT2D eigenvalue weighted by Gasteiger charge is -2.24. The van der Waals surface area contributed by atoms with Crippen molar-refractivity contribution in [2.45, 2.75) is 20.4 Å². The van der Waals surface area contributed by atoms with Gasteiger partial charge in [-0.05, 0) is 31.5 Å². The number of anilines is 1. The van der Waals surface area contributed by atoms with Gasteiger partial charge in [0.1, 0.15) is 10.7 Å². The molecule has 0 atom stereocenters. The van der Waals surface area contributed by atoms with E-state index in [1.165, 1.54) is 5.56 Å². The first-order valence-electron chi connectivity index (χ1n) is 6.14. The van der Waals surface area contributed by atoms with Gasteiger partial charge in [0.2, 0.25) is 0 Å². The van der Waals surface area contributed by atoms with Gasteiger partial charge in [-0.1, -0.05) is 24.4 Å². The highest BCUT2D eigenvalue weighted by Gasteiger charge is 2.14. The topological polar surface area (TPSA) is 42.4 Å². The smallest absolute Gasteiger partial charge is 0.106 e. The van der Waals surface area contributed by atoms with Crippen LogP contribution >= 0.6 is 12.2 Å². The zero-order valence-corrected chi connectivity index (χ0v) is 12.3. The summed E-state index contributed by atoms with van der Waals surface area (Å²) in [6, 6.07) is 7.99. The number of benzene rings is 1. The average Bonchev–Trinajstić information content (AvgIpc) is 2.74. The summed E-state index contributed by atoms with van der Waals surface area (Å²) in [5, 5.41) is 0. The predicted octanol–water partition coefficient (Wildman–Crippen LogP) is 3.17. The molecule has 0 aliphatic rings. The van der Waals surface area contributed by atoms with Crippen LogP contribution < -0.4 is 10.6 Å². The van der Waals surface area contributed by atoms with E-state index in [9.17, 15) is 0 Å². The van der Waals surface area contributed by atoms with E-state index in [0.29, 0.717) is 4.99 Å². The molecule has 2 N–H and O–H groups in total. The van der Waals surface area contributed by atoms with Crippen molar-refractivity contribution in [2.24, 2.45) is 5.73 Å². The molecular weight excluding hydrogens is 256 g/mol. The zero-order valence-electron chi connectivity index (χ0n) is 11.4. The maximum absolute atomic E-state index is 5.81. The van der Waals surface area contributed by atoms with E-state index in [0.717, 1.165) is 29.1 Å². The summed E-state index contributed by atoms with van der Waals surface area (Å²) in [6.45, 7) is 4.80. The number of hydrogen-bond donors (Lipinski definition) is 1. The number of thiocarbonyl (C=S) groups is 1. The van der Waals surface area contributed by atoms with Gasteiger partial charge in [-0.2, -0.15) is 0 Å². The minimum Gasteiger partial charge on any atom is -0.469 e. The summed E-state index contributed by atoms with van der Waals surface area (Å²) in [4.78, 5) is 2.58. The first kappa shape index (κ1) is 13.6. The van der Waals surface area contributed by atoms with Crippen LogP contribution in [0.5, 0.6) is 0 Å². The largest absolute Gasteiger partial charge is 0.469 e. The minimum atomic E-state index is 0.425. The lowest BCUT2D eigenvalue weighted by Crippen LogP contribution is -2.22. The zero-order chi connectivity index (χ0) is 14.0. The van der Waals surface area contributed by atoms with Crippen molar-refractivity contribution in [3.05, 3.63) is 53.0 Å². The summed E-state index contributed by atoms with van der Waals surface area (Å²) in [5.74, 6) is 0.942. The lowest BCUT2D eigenvalue weighted by molar-refractivity contribution is 0.529. The molecule has 0 aliphatic heterocycles. The minimum absolute atomic E-state index is 0.425. The fraction of sp³-hybridized carbons (Fsp3) is 0.267. The number of furan rings is 1. The third kappa shape index (κ3) is 2.79. The maximum atomic E-state index is 5.81. The van der Waals surface area contributed by atoms with E-state index >= 15 is 0 Å². The normalized spacial score (nSPS) is 10.5. The van der Waals surface area contributed by atoms with E-state index in [2.05, 4.69) is 17.9 Å². The van der Waals surface area contributed by atoms with Crippen LogP contribution in [0.4, 0.5) is 5.69 Å². The molecule has 19 heavy (non-hydrogen) atoms. The molecule has 4 heteroatoms. The molecule has 3 nitrogen and oxygen atoms in total. The van der Waals surface area contributed by atoms with Gasteiger partial charge in [0.05, 0.1) is 6.26 Å². The lowest BCUT2D eigenvalue weighted by atomic mass is 10.1. The predicted molar refractivity (Wildman–Crippen MR) is 82.6 cm³/mol. The molecule has 0 aliphatic carbocycles. The molecular formula is C15H18N2OS. The van der Waals surface area contributed by atoms with Crippen molar-refractivity contribution in [3.63, 3.8) is 0 Å². The van der Waals surface area contributed by atoms with Crippen LogP contribution in [-0.2, 0) is 6.54 Å². The summed E-state index contributed by atoms with van der Waals surface area (Å²) in [6.07, 6.45) is 1.71. The van der Waals surface area contributed by atoms with Crippen molar-refractivity contribution in [1.82, 2.24) is 0 Å². The number of nitrogens with zero attached hydrogens (tertiary/aromatic N) is 1. The Morgan fingerprint density at radius 3 is 2.63 bits per heavy atom.